The summed E-state index contributed by atoms with van der Waals surface area (Å²) in [6.07, 6.45) is -1.01. The van der Waals surface area contributed by atoms with E-state index in [0.29, 0.717) is 12.2 Å². The van der Waals surface area contributed by atoms with Crippen LogP contribution in [0.1, 0.15) is 32.4 Å². The van der Waals surface area contributed by atoms with Gasteiger partial charge in [0.2, 0.25) is 0 Å². The van der Waals surface area contributed by atoms with Gasteiger partial charge < -0.3 is 9.84 Å². The first kappa shape index (κ1) is 14.3. The number of para-hydroxylation sites is 1. The van der Waals surface area contributed by atoms with Crippen LogP contribution in [0.15, 0.2) is 24.3 Å². The molecule has 0 fully saturated rings. The van der Waals surface area contributed by atoms with Crippen LogP contribution in [0.5, 0.6) is 0 Å². The summed E-state index contributed by atoms with van der Waals surface area (Å²) >= 11 is 3.41. The van der Waals surface area contributed by atoms with E-state index in [0.717, 1.165) is 5.56 Å². The zero-order chi connectivity index (χ0) is 14.2. The van der Waals surface area contributed by atoms with Crippen molar-refractivity contribution in [3.63, 3.8) is 0 Å². The van der Waals surface area contributed by atoms with Gasteiger partial charge in [-0.25, -0.2) is 4.79 Å². The van der Waals surface area contributed by atoms with E-state index in [4.69, 9.17) is 4.74 Å². The lowest BCUT2D eigenvalue weighted by Gasteiger charge is -2.36. The predicted octanol–water partition coefficient (Wildman–Crippen LogP) is 3.24. The maximum atomic E-state index is 12.2. The van der Waals surface area contributed by atoms with Gasteiger partial charge in [-0.3, -0.25) is 4.90 Å². The van der Waals surface area contributed by atoms with Gasteiger partial charge in [0.25, 0.3) is 0 Å². The Labute approximate surface area is 121 Å². The van der Waals surface area contributed by atoms with Crippen LogP contribution in [-0.4, -0.2) is 28.2 Å². The molecule has 19 heavy (non-hydrogen) atoms. The van der Waals surface area contributed by atoms with E-state index in [-0.39, 0.29) is 4.83 Å². The minimum Gasteiger partial charge on any atom is -0.443 e. The average molecular weight is 328 g/mol. The van der Waals surface area contributed by atoms with Gasteiger partial charge in [0.15, 0.2) is 0 Å². The smallest absolute Gasteiger partial charge is 0.414 e. The molecule has 5 heteroatoms. The second-order valence-corrected chi connectivity index (χ2v) is 6.79. The van der Waals surface area contributed by atoms with Crippen molar-refractivity contribution in [1.29, 1.82) is 0 Å². The Morgan fingerprint density at radius 2 is 2.05 bits per heavy atom. The van der Waals surface area contributed by atoms with Crippen LogP contribution in [0, 0.1) is 0 Å². The number of hydrogen-bond acceptors (Lipinski definition) is 3. The molecule has 1 aliphatic rings. The van der Waals surface area contributed by atoms with Crippen molar-refractivity contribution in [1.82, 2.24) is 0 Å². The summed E-state index contributed by atoms with van der Waals surface area (Å²) in [5.41, 5.74) is 0.908. The number of benzene rings is 1. The van der Waals surface area contributed by atoms with E-state index >= 15 is 0 Å². The van der Waals surface area contributed by atoms with Gasteiger partial charge in [-0.1, -0.05) is 34.1 Å². The Balaban J connectivity index is 2.32. The normalized spacial score (nSPS) is 22.9. The molecule has 104 valence electrons. The summed E-state index contributed by atoms with van der Waals surface area (Å²) in [6, 6.07) is 7.34. The van der Waals surface area contributed by atoms with Gasteiger partial charge in [0.1, 0.15) is 5.60 Å². The number of ether oxygens (including phenoxy) is 1. The van der Waals surface area contributed by atoms with Gasteiger partial charge in [0.05, 0.1) is 16.6 Å². The van der Waals surface area contributed by atoms with E-state index < -0.39 is 17.8 Å². The van der Waals surface area contributed by atoms with E-state index in [9.17, 15) is 9.90 Å². The summed E-state index contributed by atoms with van der Waals surface area (Å²) in [5.74, 6) is 0. The molecule has 2 rings (SSSR count). The fourth-order valence-electron chi connectivity index (χ4n) is 2.04. The fraction of sp³-hybridized carbons (Fsp3) is 0.500. The lowest BCUT2D eigenvalue weighted by atomic mass is 9.99. The third-order valence-corrected chi connectivity index (χ3v) is 3.65. The van der Waals surface area contributed by atoms with Crippen molar-refractivity contribution in [2.24, 2.45) is 0 Å². The minimum atomic E-state index is -0.616. The number of carbonyl (C=O) groups is 1. The monoisotopic (exact) mass is 327 g/mol. The molecular formula is C14H18BrNO3. The molecule has 1 amide bonds. The number of anilines is 1. The molecule has 0 spiro atoms. The van der Waals surface area contributed by atoms with Crippen molar-refractivity contribution in [2.45, 2.75) is 37.3 Å². The van der Waals surface area contributed by atoms with Gasteiger partial charge in [0, 0.05) is 12.1 Å². The summed E-state index contributed by atoms with van der Waals surface area (Å²) in [5, 5.41) is 10.1. The average Bonchev–Trinajstić information content (AvgIpc) is 2.31. The third-order valence-electron chi connectivity index (χ3n) is 2.86. The van der Waals surface area contributed by atoms with Crippen LogP contribution < -0.4 is 4.90 Å². The molecule has 1 aromatic carbocycles. The molecule has 0 unspecified atom stereocenters. The van der Waals surface area contributed by atoms with Crippen molar-refractivity contribution in [3.8, 4) is 0 Å². The number of alkyl halides is 1. The Kier molecular flexibility index (Phi) is 3.87. The summed E-state index contributed by atoms with van der Waals surface area (Å²) in [4.78, 5) is 13.6. The highest BCUT2D eigenvalue weighted by atomic mass is 79.9. The topological polar surface area (TPSA) is 49.8 Å². The largest absolute Gasteiger partial charge is 0.443 e. The number of amides is 1. The van der Waals surface area contributed by atoms with Crippen LogP contribution in [0.4, 0.5) is 10.5 Å². The van der Waals surface area contributed by atoms with Gasteiger partial charge in [-0.05, 0) is 26.8 Å². The summed E-state index contributed by atoms with van der Waals surface area (Å²) < 4.78 is 5.40. The molecule has 0 aliphatic carbocycles. The maximum Gasteiger partial charge on any atom is 0.414 e. The first-order chi connectivity index (χ1) is 8.79. The maximum absolute atomic E-state index is 12.2. The lowest BCUT2D eigenvalue weighted by molar-refractivity contribution is 0.0568. The molecule has 0 aromatic heterocycles. The second-order valence-electron chi connectivity index (χ2n) is 5.61. The first-order valence-electron chi connectivity index (χ1n) is 6.21. The molecule has 1 heterocycles. The van der Waals surface area contributed by atoms with Gasteiger partial charge >= 0.3 is 6.09 Å². The number of aliphatic hydroxyl groups excluding tert-OH is 1. The molecule has 0 bridgehead atoms. The Morgan fingerprint density at radius 3 is 2.68 bits per heavy atom. The highest BCUT2D eigenvalue weighted by molar-refractivity contribution is 9.09. The Bertz CT molecular complexity index is 484. The van der Waals surface area contributed by atoms with E-state index in [1.807, 2.05) is 45.0 Å². The van der Waals surface area contributed by atoms with Crippen LogP contribution >= 0.6 is 15.9 Å². The minimum absolute atomic E-state index is 0.199. The van der Waals surface area contributed by atoms with E-state index in [1.54, 1.807) is 4.90 Å². The van der Waals surface area contributed by atoms with Gasteiger partial charge in [-0.15, -0.1) is 0 Å². The Hall–Kier alpha value is -1.07. The number of aliphatic hydroxyl groups is 1. The van der Waals surface area contributed by atoms with Crippen molar-refractivity contribution in [2.75, 3.05) is 11.4 Å². The Morgan fingerprint density at radius 1 is 1.42 bits per heavy atom. The number of nitrogens with zero attached hydrogens (tertiary/aromatic N) is 1. The number of hydrogen-bond donors (Lipinski definition) is 1. The zero-order valence-corrected chi connectivity index (χ0v) is 12.8. The SMILES string of the molecule is CC(C)(C)OC(=O)N1C[C@H](Br)[C@@H](O)c2ccccc21. The van der Waals surface area contributed by atoms with Gasteiger partial charge in [-0.2, -0.15) is 0 Å². The summed E-state index contributed by atoms with van der Waals surface area (Å²) in [6.45, 7) is 5.89. The molecule has 2 atom stereocenters. The van der Waals surface area contributed by atoms with Crippen LogP contribution in [0.2, 0.25) is 0 Å². The predicted molar refractivity (Wildman–Crippen MR) is 77.7 cm³/mol. The lowest BCUT2D eigenvalue weighted by Crippen LogP contribution is -2.44. The number of carbonyl (C=O) groups excluding carboxylic acids is 1. The van der Waals surface area contributed by atoms with Crippen LogP contribution in [-0.2, 0) is 4.74 Å². The highest BCUT2D eigenvalue weighted by Crippen LogP contribution is 2.37. The van der Waals surface area contributed by atoms with Crippen LogP contribution in [0.3, 0.4) is 0 Å². The molecule has 0 radical (unpaired) electrons. The quantitative estimate of drug-likeness (QED) is 0.744. The molecule has 1 N–H and O–H groups in total. The highest BCUT2D eigenvalue weighted by Gasteiger charge is 2.35. The number of rotatable bonds is 0. The molecule has 0 saturated carbocycles. The van der Waals surface area contributed by atoms with E-state index in [1.165, 1.54) is 0 Å². The first-order valence-corrected chi connectivity index (χ1v) is 7.13. The third kappa shape index (κ3) is 3.09. The van der Waals surface area contributed by atoms with Crippen molar-refractivity contribution >= 4 is 27.7 Å². The molecule has 1 aliphatic heterocycles. The van der Waals surface area contributed by atoms with Crippen molar-refractivity contribution < 1.29 is 14.6 Å². The van der Waals surface area contributed by atoms with Crippen LogP contribution in [0.25, 0.3) is 0 Å². The molecule has 0 saturated heterocycles. The fourth-order valence-corrected chi connectivity index (χ4v) is 2.62. The second kappa shape index (κ2) is 5.13. The standard InChI is InChI=1S/C14H18BrNO3/c1-14(2,3)19-13(18)16-8-10(15)12(17)9-6-4-5-7-11(9)16/h4-7,10,12,17H,8H2,1-3H3/t10-,12-/m0/s1. The number of halogens is 1. The summed E-state index contributed by atoms with van der Waals surface area (Å²) in [7, 11) is 0. The van der Waals surface area contributed by atoms with Crippen molar-refractivity contribution in [3.05, 3.63) is 29.8 Å². The molecular weight excluding hydrogens is 310 g/mol. The number of fused-ring (bicyclic) bond motifs is 1. The van der Waals surface area contributed by atoms with E-state index in [2.05, 4.69) is 15.9 Å². The zero-order valence-electron chi connectivity index (χ0n) is 11.3. The molecule has 1 aromatic rings. The molecule has 4 nitrogen and oxygen atoms in total.